The fraction of sp³-hybridized carbons (Fsp3) is 0.350. The molecule has 1 aliphatic heterocycles. The molecule has 0 N–H and O–H groups in total. The Bertz CT molecular complexity index is 965. The van der Waals surface area contributed by atoms with Crippen LogP contribution in [0.15, 0.2) is 53.4 Å². The largest absolute Gasteiger partial charge is 0.435 e. The van der Waals surface area contributed by atoms with Gasteiger partial charge < -0.3 is 9.64 Å². The SMILES string of the molecule is Cc1ccc(S(=O)(=O)N2CCCN(C(=O)c3cccc(OC(F)F)c3)CC2)cc1. The number of hydrogen-bond donors (Lipinski definition) is 0. The van der Waals surface area contributed by atoms with E-state index < -0.39 is 16.6 Å². The third-order valence-corrected chi connectivity index (χ3v) is 6.62. The molecule has 0 aromatic heterocycles. The van der Waals surface area contributed by atoms with E-state index in [9.17, 15) is 22.0 Å². The van der Waals surface area contributed by atoms with Gasteiger partial charge in [0.15, 0.2) is 0 Å². The summed E-state index contributed by atoms with van der Waals surface area (Å²) >= 11 is 0. The predicted octanol–water partition coefficient (Wildman–Crippen LogP) is 3.13. The van der Waals surface area contributed by atoms with Crippen LogP contribution >= 0.6 is 0 Å². The van der Waals surface area contributed by atoms with Crippen molar-refractivity contribution in [1.82, 2.24) is 9.21 Å². The van der Waals surface area contributed by atoms with Crippen molar-refractivity contribution in [3.63, 3.8) is 0 Å². The summed E-state index contributed by atoms with van der Waals surface area (Å²) in [5.74, 6) is -0.441. The molecule has 2 aromatic carbocycles. The highest BCUT2D eigenvalue weighted by Gasteiger charge is 2.28. The zero-order chi connectivity index (χ0) is 21.0. The van der Waals surface area contributed by atoms with E-state index in [1.54, 1.807) is 24.3 Å². The highest BCUT2D eigenvalue weighted by Crippen LogP contribution is 2.21. The Balaban J connectivity index is 1.71. The van der Waals surface area contributed by atoms with Gasteiger partial charge >= 0.3 is 6.61 Å². The van der Waals surface area contributed by atoms with Crippen LogP contribution in [0.25, 0.3) is 0 Å². The van der Waals surface area contributed by atoms with Crippen LogP contribution in [-0.2, 0) is 10.0 Å². The van der Waals surface area contributed by atoms with Gasteiger partial charge in [0, 0.05) is 31.7 Å². The molecule has 0 aliphatic carbocycles. The van der Waals surface area contributed by atoms with Crippen molar-refractivity contribution in [2.75, 3.05) is 26.2 Å². The van der Waals surface area contributed by atoms with Crippen molar-refractivity contribution in [3.05, 3.63) is 59.7 Å². The molecule has 29 heavy (non-hydrogen) atoms. The van der Waals surface area contributed by atoms with Crippen molar-refractivity contribution < 1.29 is 26.7 Å². The number of alkyl halides is 2. The van der Waals surface area contributed by atoms with Gasteiger partial charge in [-0.25, -0.2) is 8.42 Å². The molecule has 1 saturated heterocycles. The summed E-state index contributed by atoms with van der Waals surface area (Å²) in [6.45, 7) is -0.0431. The third-order valence-electron chi connectivity index (χ3n) is 4.71. The lowest BCUT2D eigenvalue weighted by Gasteiger charge is -2.22. The lowest BCUT2D eigenvalue weighted by Crippen LogP contribution is -2.37. The van der Waals surface area contributed by atoms with Gasteiger partial charge in [-0.15, -0.1) is 0 Å². The molecule has 6 nitrogen and oxygen atoms in total. The molecule has 156 valence electrons. The van der Waals surface area contributed by atoms with Crippen molar-refractivity contribution in [1.29, 1.82) is 0 Å². The molecule has 1 amide bonds. The average molecular weight is 424 g/mol. The van der Waals surface area contributed by atoms with Gasteiger partial charge in [0.1, 0.15) is 5.75 Å². The molecule has 9 heteroatoms. The first kappa shape index (κ1) is 21.2. The van der Waals surface area contributed by atoms with Crippen LogP contribution in [0.3, 0.4) is 0 Å². The third kappa shape index (κ3) is 5.10. The number of aryl methyl sites for hydroxylation is 1. The van der Waals surface area contributed by atoms with Crippen LogP contribution in [0.5, 0.6) is 5.75 Å². The number of hydrogen-bond acceptors (Lipinski definition) is 4. The van der Waals surface area contributed by atoms with Gasteiger partial charge in [0.05, 0.1) is 4.90 Å². The van der Waals surface area contributed by atoms with Crippen LogP contribution in [0.2, 0.25) is 0 Å². The minimum atomic E-state index is -3.64. The van der Waals surface area contributed by atoms with Gasteiger partial charge in [0.2, 0.25) is 10.0 Å². The Kier molecular flexibility index (Phi) is 6.49. The first-order chi connectivity index (χ1) is 13.8. The Morgan fingerprint density at radius 1 is 1.03 bits per heavy atom. The maximum absolute atomic E-state index is 12.9. The van der Waals surface area contributed by atoms with Gasteiger partial charge in [-0.05, 0) is 43.7 Å². The summed E-state index contributed by atoms with van der Waals surface area (Å²) in [6.07, 6.45) is 0.476. The van der Waals surface area contributed by atoms with E-state index in [1.807, 2.05) is 6.92 Å². The number of amides is 1. The second-order valence-corrected chi connectivity index (χ2v) is 8.71. The average Bonchev–Trinajstić information content (AvgIpc) is 2.94. The van der Waals surface area contributed by atoms with Crippen molar-refractivity contribution in [2.24, 2.45) is 0 Å². The number of rotatable bonds is 5. The van der Waals surface area contributed by atoms with Gasteiger partial charge in [-0.2, -0.15) is 13.1 Å². The van der Waals surface area contributed by atoms with Crippen molar-refractivity contribution in [3.8, 4) is 5.75 Å². The highest BCUT2D eigenvalue weighted by molar-refractivity contribution is 7.89. The molecular formula is C20H22F2N2O4S. The number of carbonyl (C=O) groups excluding carboxylic acids is 1. The normalized spacial score (nSPS) is 15.9. The number of benzene rings is 2. The molecule has 0 atom stereocenters. The summed E-state index contributed by atoms with van der Waals surface area (Å²) in [6, 6.07) is 12.2. The number of halogens is 2. The van der Waals surface area contributed by atoms with E-state index in [1.165, 1.54) is 33.5 Å². The number of ether oxygens (including phenoxy) is 1. The lowest BCUT2D eigenvalue weighted by molar-refractivity contribution is -0.0499. The zero-order valence-corrected chi connectivity index (χ0v) is 16.7. The summed E-state index contributed by atoms with van der Waals surface area (Å²) in [5, 5.41) is 0. The molecule has 0 bridgehead atoms. The van der Waals surface area contributed by atoms with Crippen molar-refractivity contribution in [2.45, 2.75) is 24.9 Å². The summed E-state index contributed by atoms with van der Waals surface area (Å²) in [5.41, 5.74) is 1.19. The Labute approximate surface area is 168 Å². The van der Waals surface area contributed by atoms with Gasteiger partial charge in [-0.1, -0.05) is 23.8 Å². The standard InChI is InChI=1S/C20H22F2N2O4S/c1-15-6-8-18(9-7-15)29(26,27)24-11-3-10-23(12-13-24)19(25)16-4-2-5-17(14-16)28-20(21)22/h2,4-9,14,20H,3,10-13H2,1H3. The Morgan fingerprint density at radius 2 is 1.76 bits per heavy atom. The van der Waals surface area contributed by atoms with Crippen LogP contribution in [0, 0.1) is 6.92 Å². The molecule has 3 rings (SSSR count). The van der Waals surface area contributed by atoms with E-state index in [0.717, 1.165) is 5.56 Å². The van der Waals surface area contributed by atoms with Crippen LogP contribution in [-0.4, -0.2) is 56.3 Å². The molecule has 0 unspecified atom stereocenters. The minimum absolute atomic E-state index is 0.0933. The fourth-order valence-corrected chi connectivity index (χ4v) is 4.65. The molecule has 1 heterocycles. The van der Waals surface area contributed by atoms with Crippen LogP contribution < -0.4 is 4.74 Å². The number of nitrogens with zero attached hydrogens (tertiary/aromatic N) is 2. The maximum atomic E-state index is 12.9. The molecule has 1 fully saturated rings. The zero-order valence-electron chi connectivity index (χ0n) is 15.9. The maximum Gasteiger partial charge on any atom is 0.387 e. The van der Waals surface area contributed by atoms with Crippen LogP contribution in [0.1, 0.15) is 22.3 Å². The number of carbonyl (C=O) groups is 1. The Morgan fingerprint density at radius 3 is 2.45 bits per heavy atom. The quantitative estimate of drug-likeness (QED) is 0.740. The van der Waals surface area contributed by atoms with Crippen molar-refractivity contribution >= 4 is 15.9 Å². The van der Waals surface area contributed by atoms with E-state index in [4.69, 9.17) is 0 Å². The predicted molar refractivity (Wildman–Crippen MR) is 104 cm³/mol. The summed E-state index contributed by atoms with van der Waals surface area (Å²) in [7, 11) is -3.64. The van der Waals surface area contributed by atoms with Gasteiger partial charge in [0.25, 0.3) is 5.91 Å². The van der Waals surface area contributed by atoms with Gasteiger partial charge in [-0.3, -0.25) is 4.79 Å². The summed E-state index contributed by atoms with van der Waals surface area (Å²) < 4.78 is 56.3. The molecule has 0 spiro atoms. The first-order valence-electron chi connectivity index (χ1n) is 9.18. The molecular weight excluding hydrogens is 402 g/mol. The smallest absolute Gasteiger partial charge is 0.387 e. The monoisotopic (exact) mass is 424 g/mol. The number of sulfonamides is 1. The second-order valence-electron chi connectivity index (χ2n) is 6.77. The van der Waals surface area contributed by atoms with E-state index in [2.05, 4.69) is 4.74 Å². The Hall–Kier alpha value is -2.52. The summed E-state index contributed by atoms with van der Waals surface area (Å²) in [4.78, 5) is 14.5. The van der Waals surface area contributed by atoms with E-state index in [-0.39, 0.29) is 35.2 Å². The van der Waals surface area contributed by atoms with E-state index in [0.29, 0.717) is 19.5 Å². The minimum Gasteiger partial charge on any atom is -0.435 e. The molecule has 0 saturated carbocycles. The van der Waals surface area contributed by atoms with E-state index >= 15 is 0 Å². The lowest BCUT2D eigenvalue weighted by atomic mass is 10.2. The first-order valence-corrected chi connectivity index (χ1v) is 10.6. The van der Waals surface area contributed by atoms with Crippen LogP contribution in [0.4, 0.5) is 8.78 Å². The highest BCUT2D eigenvalue weighted by atomic mass is 32.2. The topological polar surface area (TPSA) is 66.9 Å². The molecule has 0 radical (unpaired) electrons. The molecule has 2 aromatic rings. The molecule has 1 aliphatic rings. The second kappa shape index (κ2) is 8.87. The fourth-order valence-electron chi connectivity index (χ4n) is 3.18.